The maximum Gasteiger partial charge on any atom is 5.00 e. The molecule has 2 fully saturated rings. The van der Waals surface area contributed by atoms with Crippen LogP contribution in [0, 0.1) is 0 Å². The smallest absolute Gasteiger partial charge is 0.759 e. The van der Waals surface area contributed by atoms with Crippen LogP contribution in [-0.4, -0.2) is 282 Å². The summed E-state index contributed by atoms with van der Waals surface area (Å²) in [6.07, 6.45) is -12.7. The Morgan fingerprint density at radius 3 is 0.781 bits per heavy atom. The molecule has 8 N–H and O–H groups in total. The zero-order valence-corrected chi connectivity index (χ0v) is 38.8. The molecule has 0 aromatic carbocycles. The Morgan fingerprint density at radius 1 is 0.391 bits per heavy atom. The summed E-state index contributed by atoms with van der Waals surface area (Å²) in [6, 6.07) is 0. The Balaban J connectivity index is -0.000000105. The second-order valence-electron chi connectivity index (χ2n) is 8.83. The van der Waals surface area contributed by atoms with Gasteiger partial charge in [-0.2, -0.15) is 0 Å². The van der Waals surface area contributed by atoms with Gasteiger partial charge in [-0.3, -0.25) is 67.3 Å². The molecule has 0 aromatic rings. The number of rotatable bonds is 5. The Bertz CT molecular complexity index is 1720. The Hall–Kier alpha value is -0.597. The molecule has 0 saturated carbocycles. The molecule has 2 rings (SSSR count). The van der Waals surface area contributed by atoms with E-state index in [0.717, 1.165) is 0 Å². The summed E-state index contributed by atoms with van der Waals surface area (Å²) < 4.78 is 288. The third-order valence-corrected chi connectivity index (χ3v) is 4.07. The Morgan fingerprint density at radius 2 is 0.609 bits per heavy atom. The van der Waals surface area contributed by atoms with Crippen molar-refractivity contribution in [2.24, 2.45) is 0 Å². The second-order valence-corrected chi connectivity index (χ2v) is 15.4. The van der Waals surface area contributed by atoms with Crippen molar-refractivity contribution in [3.05, 3.63) is 0 Å². The number of hydrogen-bond donors (Lipinski definition) is 8. The molecule has 2 heterocycles. The number of aliphatic hydroxyl groups is 8. The predicted molar refractivity (Wildman–Crippen MR) is 158 cm³/mol. The molecular formula is C12H22BiO43S8-11. The summed E-state index contributed by atoms with van der Waals surface area (Å²) in [6.45, 7) is -2.32. The monoisotopic (exact) mass is 1320 g/mol. The van der Waals surface area contributed by atoms with Crippen LogP contribution in [0.3, 0.4) is 0 Å². The third kappa shape index (κ3) is 88.2. The molecule has 392 valence electrons. The predicted octanol–water partition coefficient (Wildman–Crippen LogP) is -16.5. The van der Waals surface area contributed by atoms with Crippen molar-refractivity contribution in [3.8, 4) is 0 Å². The first kappa shape index (κ1) is 80.4. The van der Waals surface area contributed by atoms with Crippen LogP contribution in [0.2, 0.25) is 0 Å². The minimum Gasteiger partial charge on any atom is -0.759 e. The normalized spacial score (nSPS) is 25.6. The van der Waals surface area contributed by atoms with E-state index in [-0.39, 0.29) is 26.2 Å². The van der Waals surface area contributed by atoms with Crippen LogP contribution in [0.4, 0.5) is 0 Å². The SMILES string of the molecule is O=S(=O)([O-])[O-].O=S(=O)([O-])[O-].O=S(=O)([O-])[O-].O=S(=O)([O-])[O-].O=S(=O)([O-])[O-].O=S(=O)([O-])[O-].O=S(=O)([O-])[O-].O=S(=O)([O-])[O-].OC[C@H]1O[C@@](CO)(O[C@H]2O[C@H](CO)[C@@H](O)[C@H](O)[C@H]2O)[C@@H](O)[C@@H]1O.[Bi+5]. The van der Waals surface area contributed by atoms with Crippen LogP contribution >= 0.6 is 0 Å². The van der Waals surface area contributed by atoms with E-state index >= 15 is 0 Å². The fourth-order valence-electron chi connectivity index (χ4n) is 2.63. The van der Waals surface area contributed by atoms with Crippen LogP contribution in [-0.2, 0) is 97.4 Å². The van der Waals surface area contributed by atoms with Gasteiger partial charge in [-0.25, -0.2) is 0 Å². The summed E-state index contributed by atoms with van der Waals surface area (Å²) in [4.78, 5) is 0. The topological polar surface area (TPSA) is 832 Å². The van der Waals surface area contributed by atoms with Gasteiger partial charge in [-0.05, 0) is 0 Å². The molecule has 0 spiro atoms. The Kier molecular flexibility index (Phi) is 42.5. The average molecular weight is 1320 g/mol. The van der Waals surface area contributed by atoms with Gasteiger partial charge in [0, 0.05) is 83.2 Å². The van der Waals surface area contributed by atoms with Gasteiger partial charge in [0.1, 0.15) is 49.3 Å². The second kappa shape index (κ2) is 33.8. The van der Waals surface area contributed by atoms with Crippen molar-refractivity contribution in [1.29, 1.82) is 0 Å². The zero-order valence-electron chi connectivity index (χ0n) is 28.8. The van der Waals surface area contributed by atoms with Crippen LogP contribution in [0.15, 0.2) is 0 Å². The van der Waals surface area contributed by atoms with E-state index in [1.807, 2.05) is 0 Å². The maximum absolute atomic E-state index is 10.00. The first-order chi connectivity index (χ1) is 26.8. The van der Waals surface area contributed by atoms with Crippen molar-refractivity contribution in [2.75, 3.05) is 19.8 Å². The molecule has 0 unspecified atom stereocenters. The van der Waals surface area contributed by atoms with Gasteiger partial charge in [0.25, 0.3) is 0 Å². The summed E-state index contributed by atoms with van der Waals surface area (Å²) in [5, 5.41) is 76.7. The van der Waals surface area contributed by atoms with Gasteiger partial charge < -0.3 is 128 Å². The molecule has 2 aliphatic heterocycles. The van der Waals surface area contributed by atoms with Crippen LogP contribution in [0.5, 0.6) is 0 Å². The summed E-state index contributed by atoms with van der Waals surface area (Å²) in [5.74, 6) is -2.22. The molecule has 0 bridgehead atoms. The van der Waals surface area contributed by atoms with Gasteiger partial charge in [0.15, 0.2) is 6.29 Å². The van der Waals surface area contributed by atoms with Gasteiger partial charge in [-0.1, -0.05) is 0 Å². The van der Waals surface area contributed by atoms with Crippen molar-refractivity contribution >= 4 is 109 Å². The van der Waals surface area contributed by atoms with Crippen LogP contribution in [0.1, 0.15) is 0 Å². The molecule has 2 aliphatic rings. The molecule has 2 saturated heterocycles. The van der Waals surface area contributed by atoms with E-state index < -0.39 is 158 Å². The van der Waals surface area contributed by atoms with Gasteiger partial charge in [0.05, 0.1) is 13.2 Å². The first-order valence-electron chi connectivity index (χ1n) is 12.4. The standard InChI is InChI=1S/C12H22O11.Bi.8H2O4S/c13-1-4-6(16)8(18)9(19)11(21-4)23-12(3-15)10(20)7(17)5(2-14)22-12;;8*1-5(2,3)4/h4-11,13-20H,1-3H2;;8*(H2,1,2,3,4)/q;+5;;;;;;;;/p-16/t4-,5-,6-,7-,8+,9-,10+,11-,12+;;;;;;;;;/m1........./s1. The maximum atomic E-state index is 10.00. The van der Waals surface area contributed by atoms with Crippen molar-refractivity contribution < 1.29 is 195 Å². The minimum absolute atomic E-state index is 0. The molecular weight excluding hydrogens is 1300 g/mol. The molecule has 0 amide bonds. The zero-order chi connectivity index (χ0) is 53.4. The summed E-state index contributed by atoms with van der Waals surface area (Å²) in [5.41, 5.74) is 0. The van der Waals surface area contributed by atoms with E-state index in [2.05, 4.69) is 0 Å². The van der Waals surface area contributed by atoms with Gasteiger partial charge in [0.2, 0.25) is 5.79 Å². The molecule has 0 aromatic heterocycles. The molecule has 0 aliphatic carbocycles. The minimum atomic E-state index is -5.17. The fraction of sp³-hybridized carbons (Fsp3) is 1.00. The van der Waals surface area contributed by atoms with Gasteiger partial charge >= 0.3 is 26.2 Å². The number of aliphatic hydroxyl groups excluding tert-OH is 8. The number of ether oxygens (including phenoxy) is 3. The van der Waals surface area contributed by atoms with E-state index in [9.17, 15) is 30.6 Å². The number of hydrogen-bond acceptors (Lipinski definition) is 43. The fourth-order valence-corrected chi connectivity index (χ4v) is 2.63. The molecule has 64 heavy (non-hydrogen) atoms. The Labute approximate surface area is 377 Å². The molecule has 9 atom stereocenters. The first-order valence-corrected chi connectivity index (χ1v) is 23.0. The summed E-state index contributed by atoms with van der Waals surface area (Å²) >= 11 is 0. The van der Waals surface area contributed by atoms with E-state index in [1.165, 1.54) is 0 Å². The van der Waals surface area contributed by atoms with E-state index in [1.54, 1.807) is 0 Å². The van der Waals surface area contributed by atoms with E-state index in [0.29, 0.717) is 0 Å². The van der Waals surface area contributed by atoms with Crippen molar-refractivity contribution in [1.82, 2.24) is 0 Å². The molecule has 43 nitrogen and oxygen atoms in total. The molecule has 0 radical (unpaired) electrons. The molecule has 52 heteroatoms. The van der Waals surface area contributed by atoms with Crippen LogP contribution < -0.4 is 0 Å². The summed E-state index contributed by atoms with van der Waals surface area (Å²) in [7, 11) is -41.3. The quantitative estimate of drug-likeness (QED) is 0.0720. The average Bonchev–Trinajstić information content (AvgIpc) is 3.15. The van der Waals surface area contributed by atoms with Crippen molar-refractivity contribution in [3.63, 3.8) is 0 Å². The van der Waals surface area contributed by atoms with E-state index in [4.69, 9.17) is 165 Å². The van der Waals surface area contributed by atoms with Crippen molar-refractivity contribution in [2.45, 2.75) is 54.8 Å². The third-order valence-electron chi connectivity index (χ3n) is 4.07. The van der Waals surface area contributed by atoms with Crippen LogP contribution in [0.25, 0.3) is 0 Å². The van der Waals surface area contributed by atoms with Gasteiger partial charge in [-0.15, -0.1) is 0 Å². The largest absolute Gasteiger partial charge is 5.00 e.